The number of aryl methyl sites for hydroxylation is 1. The number of hydrazine groups is 1. The fourth-order valence-electron chi connectivity index (χ4n) is 2.38. The molecule has 1 aromatic heterocycles. The Hall–Kier alpha value is -2.25. The van der Waals surface area contributed by atoms with Crippen molar-refractivity contribution < 1.29 is 9.59 Å². The molecule has 0 aliphatic carbocycles. The molecule has 0 saturated heterocycles. The van der Waals surface area contributed by atoms with Crippen LogP contribution in [0.25, 0.3) is 0 Å². The lowest BCUT2D eigenvalue weighted by atomic mass is 10.0. The fourth-order valence-corrected chi connectivity index (χ4v) is 3.09. The molecule has 0 saturated carbocycles. The van der Waals surface area contributed by atoms with E-state index < -0.39 is 5.91 Å². The molecule has 0 bridgehead atoms. The van der Waals surface area contributed by atoms with Crippen molar-refractivity contribution >= 4 is 28.8 Å². The third kappa shape index (κ3) is 2.65. The quantitative estimate of drug-likeness (QED) is 0.507. The van der Waals surface area contributed by atoms with Crippen LogP contribution in [0.5, 0.6) is 0 Å². The van der Waals surface area contributed by atoms with E-state index in [2.05, 4.69) is 10.4 Å². The molecule has 1 aliphatic rings. The van der Waals surface area contributed by atoms with Gasteiger partial charge in [0.15, 0.2) is 5.01 Å². The average Bonchev–Trinajstić information content (AvgIpc) is 2.98. The molecule has 2 amide bonds. The lowest BCUT2D eigenvalue weighted by Gasteiger charge is -2.28. The molecule has 6 nitrogen and oxygen atoms in total. The van der Waals surface area contributed by atoms with E-state index in [9.17, 15) is 9.59 Å². The van der Waals surface area contributed by atoms with E-state index in [-0.39, 0.29) is 5.91 Å². The van der Waals surface area contributed by atoms with Gasteiger partial charge in [-0.1, -0.05) is 18.2 Å². The molecule has 108 valence electrons. The van der Waals surface area contributed by atoms with Crippen LogP contribution in [0.15, 0.2) is 29.6 Å². The average molecular weight is 302 g/mol. The lowest BCUT2D eigenvalue weighted by molar-refractivity contribution is -0.119. The zero-order valence-electron chi connectivity index (χ0n) is 11.2. The normalized spacial score (nSPS) is 14.0. The third-order valence-electron chi connectivity index (χ3n) is 3.39. The number of thiazole rings is 1. The first-order chi connectivity index (χ1) is 10.2. The summed E-state index contributed by atoms with van der Waals surface area (Å²) in [5.74, 6) is 4.74. The minimum Gasteiger partial charge on any atom is -0.306 e. The van der Waals surface area contributed by atoms with Crippen molar-refractivity contribution in [3.05, 3.63) is 45.9 Å². The molecule has 1 aromatic carbocycles. The number of anilines is 1. The maximum absolute atomic E-state index is 12.2. The lowest BCUT2D eigenvalue weighted by Crippen LogP contribution is -2.34. The molecule has 2 aromatic rings. The Morgan fingerprint density at radius 3 is 3.00 bits per heavy atom. The molecule has 0 atom stereocenters. The highest BCUT2D eigenvalue weighted by Gasteiger charge is 2.24. The van der Waals surface area contributed by atoms with Gasteiger partial charge < -0.3 is 4.90 Å². The van der Waals surface area contributed by atoms with Crippen LogP contribution in [0.3, 0.4) is 0 Å². The predicted molar refractivity (Wildman–Crippen MR) is 79.7 cm³/mol. The van der Waals surface area contributed by atoms with Gasteiger partial charge in [-0.05, 0) is 18.1 Å². The Labute approximate surface area is 125 Å². The topological polar surface area (TPSA) is 88.3 Å². The second-order valence-corrected chi connectivity index (χ2v) is 5.58. The van der Waals surface area contributed by atoms with E-state index in [0.717, 1.165) is 17.7 Å². The number of hydrogen-bond acceptors (Lipinski definition) is 5. The Kier molecular flexibility index (Phi) is 3.68. The minimum absolute atomic E-state index is 0.0755. The number of amides is 2. The Bertz CT molecular complexity index is 698. The van der Waals surface area contributed by atoms with Crippen LogP contribution in [0.2, 0.25) is 0 Å². The Morgan fingerprint density at radius 2 is 2.19 bits per heavy atom. The molecular weight excluding hydrogens is 288 g/mol. The predicted octanol–water partition coefficient (Wildman–Crippen LogP) is 1.23. The zero-order chi connectivity index (χ0) is 14.8. The maximum Gasteiger partial charge on any atom is 0.294 e. The van der Waals surface area contributed by atoms with Crippen molar-refractivity contribution in [2.75, 3.05) is 4.90 Å². The highest BCUT2D eigenvalue weighted by Crippen LogP contribution is 2.29. The number of benzene rings is 1. The summed E-state index contributed by atoms with van der Waals surface area (Å²) in [6.45, 7) is 0.365. The minimum atomic E-state index is -0.420. The Balaban J connectivity index is 1.86. The van der Waals surface area contributed by atoms with Gasteiger partial charge in [0.2, 0.25) is 5.91 Å². The van der Waals surface area contributed by atoms with Gasteiger partial charge in [0, 0.05) is 17.5 Å². The van der Waals surface area contributed by atoms with Gasteiger partial charge in [-0.15, -0.1) is 11.3 Å². The van der Waals surface area contributed by atoms with Crippen LogP contribution < -0.4 is 16.2 Å². The van der Waals surface area contributed by atoms with Crippen molar-refractivity contribution in [3.8, 4) is 0 Å². The van der Waals surface area contributed by atoms with Crippen molar-refractivity contribution in [3.63, 3.8) is 0 Å². The molecule has 0 fully saturated rings. The van der Waals surface area contributed by atoms with Gasteiger partial charge in [0.1, 0.15) is 0 Å². The van der Waals surface area contributed by atoms with E-state index in [1.807, 2.05) is 24.3 Å². The van der Waals surface area contributed by atoms with Gasteiger partial charge >= 0.3 is 0 Å². The molecule has 0 radical (unpaired) electrons. The van der Waals surface area contributed by atoms with Gasteiger partial charge in [-0.25, -0.2) is 10.8 Å². The van der Waals surface area contributed by atoms with Crippen LogP contribution in [-0.4, -0.2) is 16.8 Å². The number of fused-ring (bicyclic) bond motifs is 1. The van der Waals surface area contributed by atoms with Crippen molar-refractivity contribution in [2.24, 2.45) is 5.84 Å². The summed E-state index contributed by atoms with van der Waals surface area (Å²) in [5, 5.41) is 2.07. The number of para-hydroxylation sites is 1. The standard InChI is InChI=1S/C14H14N4O2S/c15-17-13(20)14-16-10(8-21-14)7-18-11-4-2-1-3-9(11)5-6-12(18)19/h1-4,8H,5-7,15H2,(H,17,20). The van der Waals surface area contributed by atoms with Crippen molar-refractivity contribution in [2.45, 2.75) is 19.4 Å². The van der Waals surface area contributed by atoms with E-state index in [1.54, 1.807) is 10.3 Å². The number of carbonyl (C=O) groups is 2. The second-order valence-electron chi connectivity index (χ2n) is 4.73. The molecule has 21 heavy (non-hydrogen) atoms. The van der Waals surface area contributed by atoms with Crippen molar-refractivity contribution in [1.82, 2.24) is 10.4 Å². The molecule has 3 rings (SSSR count). The summed E-state index contributed by atoms with van der Waals surface area (Å²) in [4.78, 5) is 29.5. The first-order valence-electron chi connectivity index (χ1n) is 6.52. The summed E-state index contributed by atoms with van der Waals surface area (Å²) in [7, 11) is 0. The van der Waals surface area contributed by atoms with Crippen LogP contribution >= 0.6 is 11.3 Å². The van der Waals surface area contributed by atoms with Gasteiger partial charge in [0.25, 0.3) is 5.91 Å². The van der Waals surface area contributed by atoms with Crippen LogP contribution in [-0.2, 0) is 17.8 Å². The molecule has 0 spiro atoms. The summed E-state index contributed by atoms with van der Waals surface area (Å²) in [6.07, 6.45) is 1.26. The first-order valence-corrected chi connectivity index (χ1v) is 7.40. The number of rotatable bonds is 3. The molecule has 0 unspecified atom stereocenters. The number of hydrogen-bond donors (Lipinski definition) is 2. The smallest absolute Gasteiger partial charge is 0.294 e. The molecule has 7 heteroatoms. The first kappa shape index (κ1) is 13.7. The maximum atomic E-state index is 12.2. The molecule has 3 N–H and O–H groups in total. The monoisotopic (exact) mass is 302 g/mol. The number of nitrogens with two attached hydrogens (primary N) is 1. The highest BCUT2D eigenvalue weighted by molar-refractivity contribution is 7.11. The van der Waals surface area contributed by atoms with Gasteiger partial charge in [-0.2, -0.15) is 0 Å². The molecule has 2 heterocycles. The summed E-state index contributed by atoms with van der Waals surface area (Å²) < 4.78 is 0. The summed E-state index contributed by atoms with van der Waals surface area (Å²) in [6, 6.07) is 7.85. The van der Waals surface area contributed by atoms with Crippen LogP contribution in [0, 0.1) is 0 Å². The number of aromatic nitrogens is 1. The van der Waals surface area contributed by atoms with E-state index in [0.29, 0.717) is 23.7 Å². The largest absolute Gasteiger partial charge is 0.306 e. The SMILES string of the molecule is NNC(=O)c1nc(CN2C(=O)CCc3ccccc32)cs1. The van der Waals surface area contributed by atoms with Crippen LogP contribution in [0.4, 0.5) is 5.69 Å². The Morgan fingerprint density at radius 1 is 1.38 bits per heavy atom. The van der Waals surface area contributed by atoms with E-state index in [4.69, 9.17) is 5.84 Å². The molecule has 1 aliphatic heterocycles. The number of nitrogens with zero attached hydrogens (tertiary/aromatic N) is 2. The van der Waals surface area contributed by atoms with E-state index >= 15 is 0 Å². The molecular formula is C14H14N4O2S. The highest BCUT2D eigenvalue weighted by atomic mass is 32.1. The van der Waals surface area contributed by atoms with Gasteiger partial charge in [0.05, 0.1) is 12.2 Å². The second kappa shape index (κ2) is 5.63. The number of nitrogens with one attached hydrogen (secondary N) is 1. The van der Waals surface area contributed by atoms with Crippen molar-refractivity contribution in [1.29, 1.82) is 0 Å². The summed E-state index contributed by atoms with van der Waals surface area (Å²) in [5.41, 5.74) is 4.82. The van der Waals surface area contributed by atoms with E-state index in [1.165, 1.54) is 11.3 Å². The number of nitrogen functional groups attached to an aromatic ring is 1. The zero-order valence-corrected chi connectivity index (χ0v) is 12.0. The van der Waals surface area contributed by atoms with Crippen LogP contribution in [0.1, 0.15) is 27.5 Å². The number of carbonyl (C=O) groups excluding carboxylic acids is 2. The fraction of sp³-hybridized carbons (Fsp3) is 0.214. The summed E-state index contributed by atoms with van der Waals surface area (Å²) >= 11 is 1.21. The van der Waals surface area contributed by atoms with Gasteiger partial charge in [-0.3, -0.25) is 15.0 Å². The third-order valence-corrected chi connectivity index (χ3v) is 4.28.